The van der Waals surface area contributed by atoms with Crippen LogP contribution in [0.5, 0.6) is 0 Å². The molecular formula is C8H10N4O2S. The maximum Gasteiger partial charge on any atom is 0.282 e. The van der Waals surface area contributed by atoms with E-state index in [2.05, 4.69) is 0 Å². The first-order valence-electron chi connectivity index (χ1n) is 4.62. The Kier molecular flexibility index (Phi) is 2.39. The molecule has 6 nitrogen and oxygen atoms in total. The number of hydrogen-bond donors (Lipinski definition) is 0. The lowest BCUT2D eigenvalue weighted by Crippen LogP contribution is -2.60. The Balaban J connectivity index is 1.94. The summed E-state index contributed by atoms with van der Waals surface area (Å²) in [5.74, 6) is -0.347. The zero-order valence-corrected chi connectivity index (χ0v) is 8.81. The number of hydrogen-bond acceptors (Lipinski definition) is 4. The van der Waals surface area contributed by atoms with E-state index in [0.29, 0.717) is 0 Å². The lowest BCUT2D eigenvalue weighted by molar-refractivity contribution is 0.186. The minimum Gasteiger partial charge on any atom is -0.198 e. The monoisotopic (exact) mass is 226 g/mol. The molecule has 0 aromatic rings. The van der Waals surface area contributed by atoms with E-state index in [0.717, 1.165) is 0 Å². The van der Waals surface area contributed by atoms with Gasteiger partial charge >= 0.3 is 0 Å². The molecule has 0 saturated carbocycles. The first-order valence-corrected chi connectivity index (χ1v) is 6.02. The smallest absolute Gasteiger partial charge is 0.198 e. The van der Waals surface area contributed by atoms with Gasteiger partial charge in [0.15, 0.2) is 0 Å². The van der Waals surface area contributed by atoms with Crippen LogP contribution < -0.4 is 0 Å². The van der Waals surface area contributed by atoms with Gasteiger partial charge in [-0.05, 0) is 0 Å². The van der Waals surface area contributed by atoms with Crippen LogP contribution >= 0.6 is 0 Å². The van der Waals surface area contributed by atoms with Crippen molar-refractivity contribution in [2.24, 2.45) is 11.8 Å². The molecule has 15 heavy (non-hydrogen) atoms. The summed E-state index contributed by atoms with van der Waals surface area (Å²) in [6.45, 7) is 1.14. The lowest BCUT2D eigenvalue weighted by Gasteiger charge is -2.42. The maximum absolute atomic E-state index is 11.8. The van der Waals surface area contributed by atoms with E-state index in [-0.39, 0.29) is 38.0 Å². The molecule has 80 valence electrons. The summed E-state index contributed by atoms with van der Waals surface area (Å²) in [6.07, 6.45) is 0. The van der Waals surface area contributed by atoms with Crippen molar-refractivity contribution in [2.75, 3.05) is 26.2 Å². The van der Waals surface area contributed by atoms with Gasteiger partial charge in [0.1, 0.15) is 0 Å². The Hall–Kier alpha value is -1.15. The Morgan fingerprint density at radius 2 is 1.27 bits per heavy atom. The van der Waals surface area contributed by atoms with Crippen molar-refractivity contribution in [1.29, 1.82) is 10.5 Å². The minimum atomic E-state index is -3.39. The molecule has 0 aromatic heterocycles. The van der Waals surface area contributed by atoms with Crippen LogP contribution in [0.1, 0.15) is 0 Å². The summed E-state index contributed by atoms with van der Waals surface area (Å²) < 4.78 is 26.1. The third-order valence-corrected chi connectivity index (χ3v) is 4.62. The molecule has 2 saturated heterocycles. The topological polar surface area (TPSA) is 88.2 Å². The predicted molar refractivity (Wildman–Crippen MR) is 50.3 cm³/mol. The molecular weight excluding hydrogens is 216 g/mol. The average Bonchev–Trinajstić information content (AvgIpc) is 1.98. The lowest BCUT2D eigenvalue weighted by atomic mass is 10.1. The largest absolute Gasteiger partial charge is 0.282 e. The summed E-state index contributed by atoms with van der Waals surface area (Å²) in [5.41, 5.74) is 0. The molecule has 0 bridgehead atoms. The van der Waals surface area contributed by atoms with Gasteiger partial charge in [-0.15, -0.1) is 0 Å². The molecule has 0 aliphatic carbocycles. The molecule has 0 amide bonds. The van der Waals surface area contributed by atoms with Crippen LogP contribution in [0.15, 0.2) is 0 Å². The molecule has 2 aliphatic heterocycles. The molecule has 0 aromatic carbocycles. The highest BCUT2D eigenvalue weighted by Crippen LogP contribution is 2.26. The summed E-state index contributed by atoms with van der Waals surface area (Å²) >= 11 is 0. The third-order valence-electron chi connectivity index (χ3n) is 2.71. The molecule has 0 radical (unpaired) electrons. The van der Waals surface area contributed by atoms with Crippen LogP contribution in [-0.4, -0.2) is 43.2 Å². The zero-order chi connectivity index (χ0) is 11.1. The van der Waals surface area contributed by atoms with E-state index in [9.17, 15) is 8.42 Å². The van der Waals surface area contributed by atoms with Gasteiger partial charge in [-0.25, -0.2) is 0 Å². The summed E-state index contributed by atoms with van der Waals surface area (Å²) in [6, 6.07) is 4.04. The van der Waals surface area contributed by atoms with E-state index in [1.165, 1.54) is 8.61 Å². The normalized spacial score (nSPS) is 24.9. The van der Waals surface area contributed by atoms with Crippen molar-refractivity contribution in [3.63, 3.8) is 0 Å². The highest BCUT2D eigenvalue weighted by molar-refractivity contribution is 7.86. The molecule has 0 spiro atoms. The molecule has 2 rings (SSSR count). The van der Waals surface area contributed by atoms with E-state index in [1.807, 2.05) is 12.1 Å². The van der Waals surface area contributed by atoms with Crippen molar-refractivity contribution < 1.29 is 8.42 Å². The van der Waals surface area contributed by atoms with Crippen molar-refractivity contribution >= 4 is 10.2 Å². The molecule has 2 aliphatic rings. The molecule has 0 atom stereocenters. The van der Waals surface area contributed by atoms with E-state index in [4.69, 9.17) is 10.5 Å². The Morgan fingerprint density at radius 1 is 0.933 bits per heavy atom. The quantitative estimate of drug-likeness (QED) is 0.613. The molecule has 7 heteroatoms. The van der Waals surface area contributed by atoms with E-state index < -0.39 is 10.2 Å². The standard InChI is InChI=1S/C8H10N4O2S/c9-1-7-3-11(4-7)15(13,14)12-5-8(2-10)6-12/h7-8H,3-6H2. The highest BCUT2D eigenvalue weighted by Gasteiger charge is 2.44. The second-order valence-corrected chi connectivity index (χ2v) is 5.72. The summed E-state index contributed by atoms with van der Waals surface area (Å²) in [5, 5.41) is 17.1. The van der Waals surface area contributed by atoms with Gasteiger partial charge in [-0.2, -0.15) is 27.6 Å². The van der Waals surface area contributed by atoms with Gasteiger partial charge < -0.3 is 0 Å². The van der Waals surface area contributed by atoms with Gasteiger partial charge in [0.2, 0.25) is 0 Å². The maximum atomic E-state index is 11.8. The van der Waals surface area contributed by atoms with Crippen LogP contribution in [0.4, 0.5) is 0 Å². The number of rotatable bonds is 2. The zero-order valence-electron chi connectivity index (χ0n) is 8.00. The Labute approximate surface area is 88.5 Å². The molecule has 2 fully saturated rings. The SMILES string of the molecule is N#CC1CN(S(=O)(=O)N2CC(C#N)C2)C1. The summed E-state index contributed by atoms with van der Waals surface area (Å²) in [7, 11) is -3.39. The highest BCUT2D eigenvalue weighted by atomic mass is 32.2. The molecule has 2 heterocycles. The van der Waals surface area contributed by atoms with Crippen LogP contribution in [0.25, 0.3) is 0 Å². The van der Waals surface area contributed by atoms with Crippen LogP contribution in [-0.2, 0) is 10.2 Å². The fourth-order valence-corrected chi connectivity index (χ4v) is 3.38. The van der Waals surface area contributed by atoms with E-state index >= 15 is 0 Å². The number of nitrogens with zero attached hydrogens (tertiary/aromatic N) is 4. The first-order chi connectivity index (χ1) is 7.07. The number of nitriles is 2. The summed E-state index contributed by atoms with van der Waals surface area (Å²) in [4.78, 5) is 0. The average molecular weight is 226 g/mol. The minimum absolute atomic E-state index is 0.173. The second-order valence-electron chi connectivity index (χ2n) is 3.79. The Bertz CT molecular complexity index is 398. The van der Waals surface area contributed by atoms with Gasteiger partial charge in [0.05, 0.1) is 24.0 Å². The third kappa shape index (κ3) is 1.59. The first kappa shape index (κ1) is 10.4. The van der Waals surface area contributed by atoms with Crippen LogP contribution in [0.2, 0.25) is 0 Å². The fourth-order valence-electron chi connectivity index (χ4n) is 1.58. The van der Waals surface area contributed by atoms with Crippen LogP contribution in [0, 0.1) is 34.5 Å². The predicted octanol–water partition coefficient (Wildman–Crippen LogP) is -0.858. The second kappa shape index (κ2) is 3.46. The molecule has 0 N–H and O–H groups in total. The molecule has 0 unspecified atom stereocenters. The van der Waals surface area contributed by atoms with Crippen LogP contribution in [0.3, 0.4) is 0 Å². The van der Waals surface area contributed by atoms with Crippen molar-refractivity contribution in [3.05, 3.63) is 0 Å². The van der Waals surface area contributed by atoms with E-state index in [1.54, 1.807) is 0 Å². The van der Waals surface area contributed by atoms with Crippen molar-refractivity contribution in [1.82, 2.24) is 8.61 Å². The van der Waals surface area contributed by atoms with Gasteiger partial charge in [0.25, 0.3) is 10.2 Å². The fraction of sp³-hybridized carbons (Fsp3) is 0.750. The van der Waals surface area contributed by atoms with Crippen molar-refractivity contribution in [2.45, 2.75) is 0 Å². The van der Waals surface area contributed by atoms with Gasteiger partial charge in [0, 0.05) is 26.2 Å². The van der Waals surface area contributed by atoms with Crippen molar-refractivity contribution in [3.8, 4) is 12.1 Å². The van der Waals surface area contributed by atoms with Gasteiger partial charge in [-0.3, -0.25) is 0 Å². The van der Waals surface area contributed by atoms with Gasteiger partial charge in [-0.1, -0.05) is 0 Å². The Morgan fingerprint density at radius 3 is 1.53 bits per heavy atom.